The van der Waals surface area contributed by atoms with Gasteiger partial charge in [-0.05, 0) is 43.0 Å². The molecule has 30 heavy (non-hydrogen) atoms. The molecule has 2 aromatic rings. The fourth-order valence-corrected chi connectivity index (χ4v) is 3.52. The molecule has 0 bridgehead atoms. The van der Waals surface area contributed by atoms with E-state index in [0.29, 0.717) is 17.5 Å². The van der Waals surface area contributed by atoms with Crippen LogP contribution in [-0.4, -0.2) is 34.2 Å². The lowest BCUT2D eigenvalue weighted by Crippen LogP contribution is -2.44. The minimum atomic E-state index is -1.24. The van der Waals surface area contributed by atoms with Crippen molar-refractivity contribution in [2.45, 2.75) is 32.7 Å². The van der Waals surface area contributed by atoms with Gasteiger partial charge in [0, 0.05) is 6.07 Å². The first kappa shape index (κ1) is 21.0. The summed E-state index contributed by atoms with van der Waals surface area (Å²) >= 11 is 0. The summed E-state index contributed by atoms with van der Waals surface area (Å²) in [7, 11) is 0. The number of hydrogen-bond acceptors (Lipinski definition) is 5. The van der Waals surface area contributed by atoms with E-state index in [9.17, 15) is 24.5 Å². The SMILES string of the molecule is CC[C@]1(c2ccccc2)NC(=O)N(CC(=O)Nc2cc(C)c(C)cc2[N+](=O)[O-])C1=O. The lowest BCUT2D eigenvalue weighted by atomic mass is 9.87. The Morgan fingerprint density at radius 2 is 1.80 bits per heavy atom. The number of benzene rings is 2. The Bertz CT molecular complexity index is 1040. The number of amides is 4. The third kappa shape index (κ3) is 3.61. The molecule has 2 aromatic carbocycles. The van der Waals surface area contributed by atoms with E-state index in [0.717, 1.165) is 10.5 Å². The monoisotopic (exact) mass is 410 g/mol. The smallest absolute Gasteiger partial charge is 0.319 e. The van der Waals surface area contributed by atoms with Gasteiger partial charge in [-0.3, -0.25) is 24.6 Å². The number of aryl methyl sites for hydroxylation is 2. The summed E-state index contributed by atoms with van der Waals surface area (Å²) in [5.41, 5.74) is 0.620. The predicted octanol–water partition coefficient (Wildman–Crippen LogP) is 3.01. The number of nitrogens with one attached hydrogen (secondary N) is 2. The van der Waals surface area contributed by atoms with Crippen molar-refractivity contribution in [3.63, 3.8) is 0 Å². The molecule has 9 nitrogen and oxygen atoms in total. The number of carbonyl (C=O) groups excluding carboxylic acids is 3. The fraction of sp³-hybridized carbons (Fsp3) is 0.286. The van der Waals surface area contributed by atoms with Gasteiger partial charge in [0.05, 0.1) is 4.92 Å². The summed E-state index contributed by atoms with van der Waals surface area (Å²) in [6.07, 6.45) is 0.308. The summed E-state index contributed by atoms with van der Waals surface area (Å²) in [5.74, 6) is -1.24. The van der Waals surface area contributed by atoms with Gasteiger partial charge in [-0.15, -0.1) is 0 Å². The normalized spacial score (nSPS) is 18.3. The highest BCUT2D eigenvalue weighted by Crippen LogP contribution is 2.32. The van der Waals surface area contributed by atoms with E-state index in [2.05, 4.69) is 10.6 Å². The number of rotatable bonds is 6. The van der Waals surface area contributed by atoms with Gasteiger partial charge in [0.2, 0.25) is 5.91 Å². The van der Waals surface area contributed by atoms with Crippen molar-refractivity contribution in [1.82, 2.24) is 10.2 Å². The van der Waals surface area contributed by atoms with Crippen molar-refractivity contribution in [2.75, 3.05) is 11.9 Å². The van der Waals surface area contributed by atoms with Crippen LogP contribution in [-0.2, 0) is 15.1 Å². The lowest BCUT2D eigenvalue weighted by molar-refractivity contribution is -0.384. The van der Waals surface area contributed by atoms with E-state index in [1.807, 2.05) is 0 Å². The van der Waals surface area contributed by atoms with E-state index < -0.39 is 34.9 Å². The standard InChI is InChI=1S/C21H22N4O5/c1-4-21(15-8-6-5-7-9-15)19(27)24(20(28)23-21)12-18(26)22-16-10-13(2)14(3)11-17(16)25(29)30/h5-11H,4,12H2,1-3H3,(H,22,26)(H,23,28)/t21-/m1/s1. The Hall–Kier alpha value is -3.75. The van der Waals surface area contributed by atoms with Crippen LogP contribution < -0.4 is 10.6 Å². The second kappa shape index (κ2) is 7.94. The number of imide groups is 1. The maximum absolute atomic E-state index is 13.1. The molecule has 1 saturated heterocycles. The summed E-state index contributed by atoms with van der Waals surface area (Å²) in [4.78, 5) is 49.7. The Kier molecular flexibility index (Phi) is 5.55. The maximum atomic E-state index is 13.1. The summed E-state index contributed by atoms with van der Waals surface area (Å²) in [6.45, 7) is 4.72. The molecule has 4 amide bonds. The van der Waals surface area contributed by atoms with Gasteiger partial charge in [0.25, 0.3) is 11.6 Å². The molecular formula is C21H22N4O5. The maximum Gasteiger partial charge on any atom is 0.325 e. The number of nitro groups is 1. The van der Waals surface area contributed by atoms with Crippen molar-refractivity contribution in [3.05, 3.63) is 69.3 Å². The van der Waals surface area contributed by atoms with Crippen LogP contribution in [0.3, 0.4) is 0 Å². The highest BCUT2D eigenvalue weighted by atomic mass is 16.6. The Balaban J connectivity index is 1.83. The molecule has 1 aliphatic heterocycles. The van der Waals surface area contributed by atoms with Crippen LogP contribution in [0.2, 0.25) is 0 Å². The average Bonchev–Trinajstić information content (AvgIpc) is 2.96. The second-order valence-corrected chi connectivity index (χ2v) is 7.21. The van der Waals surface area contributed by atoms with Crippen LogP contribution in [0.4, 0.5) is 16.2 Å². The third-order valence-corrected chi connectivity index (χ3v) is 5.36. The molecule has 0 unspecified atom stereocenters. The van der Waals surface area contributed by atoms with E-state index in [4.69, 9.17) is 0 Å². The zero-order chi connectivity index (χ0) is 22.1. The van der Waals surface area contributed by atoms with E-state index in [-0.39, 0.29) is 11.4 Å². The van der Waals surface area contributed by atoms with E-state index in [1.54, 1.807) is 51.1 Å². The zero-order valence-electron chi connectivity index (χ0n) is 16.9. The molecule has 1 heterocycles. The predicted molar refractivity (Wildman–Crippen MR) is 110 cm³/mol. The van der Waals surface area contributed by atoms with Gasteiger partial charge < -0.3 is 10.6 Å². The van der Waals surface area contributed by atoms with Gasteiger partial charge in [0.1, 0.15) is 17.8 Å². The van der Waals surface area contributed by atoms with Crippen LogP contribution in [0.5, 0.6) is 0 Å². The van der Waals surface area contributed by atoms with Crippen LogP contribution in [0, 0.1) is 24.0 Å². The van der Waals surface area contributed by atoms with Crippen LogP contribution in [0.15, 0.2) is 42.5 Å². The van der Waals surface area contributed by atoms with Crippen LogP contribution >= 0.6 is 0 Å². The summed E-state index contributed by atoms with van der Waals surface area (Å²) in [6, 6.07) is 11.0. The molecule has 156 valence electrons. The Labute approximate surface area is 173 Å². The minimum Gasteiger partial charge on any atom is -0.319 e. The molecule has 2 N–H and O–H groups in total. The van der Waals surface area contributed by atoms with E-state index in [1.165, 1.54) is 12.1 Å². The fourth-order valence-electron chi connectivity index (χ4n) is 3.52. The molecule has 9 heteroatoms. The van der Waals surface area contributed by atoms with E-state index >= 15 is 0 Å². The number of hydrogen-bond donors (Lipinski definition) is 2. The number of nitrogens with zero attached hydrogens (tertiary/aromatic N) is 2. The van der Waals surface area contributed by atoms with Crippen molar-refractivity contribution >= 4 is 29.2 Å². The van der Waals surface area contributed by atoms with Gasteiger partial charge >= 0.3 is 6.03 Å². The first-order valence-corrected chi connectivity index (χ1v) is 9.44. The summed E-state index contributed by atoms with van der Waals surface area (Å²) in [5, 5.41) is 16.5. The van der Waals surface area contributed by atoms with Crippen molar-refractivity contribution in [2.24, 2.45) is 0 Å². The Morgan fingerprint density at radius 3 is 2.40 bits per heavy atom. The number of urea groups is 1. The zero-order valence-corrected chi connectivity index (χ0v) is 16.9. The quantitative estimate of drug-likeness (QED) is 0.431. The summed E-state index contributed by atoms with van der Waals surface area (Å²) < 4.78 is 0. The molecule has 0 aliphatic carbocycles. The topological polar surface area (TPSA) is 122 Å². The van der Waals surface area contributed by atoms with Crippen LogP contribution in [0.25, 0.3) is 0 Å². The lowest BCUT2D eigenvalue weighted by Gasteiger charge is -2.25. The highest BCUT2D eigenvalue weighted by molar-refractivity contribution is 6.10. The average molecular weight is 410 g/mol. The third-order valence-electron chi connectivity index (χ3n) is 5.36. The molecule has 1 aliphatic rings. The molecule has 0 saturated carbocycles. The number of anilines is 1. The highest BCUT2D eigenvalue weighted by Gasteiger charge is 2.51. The Morgan fingerprint density at radius 1 is 1.17 bits per heavy atom. The van der Waals surface area contributed by atoms with Crippen molar-refractivity contribution < 1.29 is 19.3 Å². The van der Waals surface area contributed by atoms with Crippen molar-refractivity contribution in [1.29, 1.82) is 0 Å². The van der Waals surface area contributed by atoms with Gasteiger partial charge in [-0.2, -0.15) is 0 Å². The molecule has 0 spiro atoms. The minimum absolute atomic E-state index is 0.0185. The van der Waals surface area contributed by atoms with Gasteiger partial charge in [-0.1, -0.05) is 37.3 Å². The molecular weight excluding hydrogens is 388 g/mol. The number of carbonyl (C=O) groups is 3. The molecule has 0 radical (unpaired) electrons. The number of nitro benzene ring substituents is 1. The molecule has 1 fully saturated rings. The van der Waals surface area contributed by atoms with Crippen LogP contribution in [0.1, 0.15) is 30.0 Å². The van der Waals surface area contributed by atoms with Gasteiger partial charge in [0.15, 0.2) is 0 Å². The first-order chi connectivity index (χ1) is 14.2. The molecule has 3 rings (SSSR count). The molecule has 0 aromatic heterocycles. The van der Waals surface area contributed by atoms with Crippen molar-refractivity contribution in [3.8, 4) is 0 Å². The van der Waals surface area contributed by atoms with Gasteiger partial charge in [-0.25, -0.2) is 4.79 Å². The molecule has 1 atom stereocenters. The first-order valence-electron chi connectivity index (χ1n) is 9.44. The largest absolute Gasteiger partial charge is 0.325 e. The second-order valence-electron chi connectivity index (χ2n) is 7.21.